The summed E-state index contributed by atoms with van der Waals surface area (Å²) < 4.78 is 5.43. The molecular formula is C14H20N4O. The molecule has 0 aliphatic carbocycles. The van der Waals surface area contributed by atoms with E-state index in [1.807, 2.05) is 19.1 Å². The Kier molecular flexibility index (Phi) is 3.95. The molecule has 0 radical (unpaired) electrons. The zero-order valence-electron chi connectivity index (χ0n) is 11.7. The van der Waals surface area contributed by atoms with Gasteiger partial charge >= 0.3 is 0 Å². The summed E-state index contributed by atoms with van der Waals surface area (Å²) in [5.41, 5.74) is 7.46. The number of aryl methyl sites for hydroxylation is 1. The molecule has 2 N–H and O–H groups in total. The molecule has 2 heterocycles. The van der Waals surface area contributed by atoms with Crippen molar-refractivity contribution in [2.45, 2.75) is 39.0 Å². The molecule has 2 rings (SSSR count). The minimum absolute atomic E-state index is 0.228. The van der Waals surface area contributed by atoms with E-state index in [9.17, 15) is 0 Å². The van der Waals surface area contributed by atoms with Crippen molar-refractivity contribution >= 4 is 0 Å². The van der Waals surface area contributed by atoms with Crippen molar-refractivity contribution in [1.82, 2.24) is 15.1 Å². The van der Waals surface area contributed by atoms with E-state index < -0.39 is 0 Å². The maximum Gasteiger partial charge on any atom is 0.234 e. The van der Waals surface area contributed by atoms with Crippen LogP contribution in [0.4, 0.5) is 0 Å². The molecule has 19 heavy (non-hydrogen) atoms. The summed E-state index contributed by atoms with van der Waals surface area (Å²) in [6.07, 6.45) is 3.49. The summed E-state index contributed by atoms with van der Waals surface area (Å²) in [6.45, 7) is 6.66. The van der Waals surface area contributed by atoms with E-state index in [1.54, 1.807) is 6.20 Å². The molecule has 0 amide bonds. The predicted molar refractivity (Wildman–Crippen MR) is 73.6 cm³/mol. The largest absolute Gasteiger partial charge is 0.338 e. The van der Waals surface area contributed by atoms with E-state index in [-0.39, 0.29) is 5.41 Å². The minimum Gasteiger partial charge on any atom is -0.338 e. The molecule has 0 bridgehead atoms. The zero-order valence-corrected chi connectivity index (χ0v) is 11.7. The second-order valence-electron chi connectivity index (χ2n) is 4.78. The molecule has 0 aliphatic rings. The molecule has 0 atom stereocenters. The van der Waals surface area contributed by atoms with Crippen molar-refractivity contribution in [2.75, 3.05) is 6.54 Å². The second-order valence-corrected chi connectivity index (χ2v) is 4.78. The van der Waals surface area contributed by atoms with Gasteiger partial charge in [-0.15, -0.1) is 0 Å². The van der Waals surface area contributed by atoms with E-state index >= 15 is 0 Å². The molecular weight excluding hydrogens is 240 g/mol. The Morgan fingerprint density at radius 2 is 2.05 bits per heavy atom. The molecule has 0 fully saturated rings. The lowest BCUT2D eigenvalue weighted by molar-refractivity contribution is 0.267. The monoisotopic (exact) mass is 260 g/mol. The second kappa shape index (κ2) is 5.48. The highest BCUT2D eigenvalue weighted by Crippen LogP contribution is 2.30. The maximum atomic E-state index is 5.90. The lowest BCUT2D eigenvalue weighted by atomic mass is 9.82. The molecule has 102 valence electrons. The number of nitrogens with two attached hydrogens (primary N) is 1. The summed E-state index contributed by atoms with van der Waals surface area (Å²) in [5.74, 6) is 1.15. The van der Waals surface area contributed by atoms with Crippen LogP contribution in [0, 0.1) is 6.92 Å². The van der Waals surface area contributed by atoms with Crippen LogP contribution < -0.4 is 5.73 Å². The van der Waals surface area contributed by atoms with Crippen LogP contribution in [-0.4, -0.2) is 21.7 Å². The van der Waals surface area contributed by atoms with Crippen LogP contribution in [0.25, 0.3) is 11.5 Å². The van der Waals surface area contributed by atoms with Crippen LogP contribution >= 0.6 is 0 Å². The summed E-state index contributed by atoms with van der Waals surface area (Å²) in [7, 11) is 0. The lowest BCUT2D eigenvalue weighted by Crippen LogP contribution is -2.34. The number of hydrogen-bond donors (Lipinski definition) is 1. The van der Waals surface area contributed by atoms with Crippen LogP contribution in [0.5, 0.6) is 0 Å². The fraction of sp³-hybridized carbons (Fsp3) is 0.500. The molecule has 0 saturated heterocycles. The van der Waals surface area contributed by atoms with Crippen molar-refractivity contribution in [3.63, 3.8) is 0 Å². The lowest BCUT2D eigenvalue weighted by Gasteiger charge is -2.24. The van der Waals surface area contributed by atoms with E-state index in [1.165, 1.54) is 0 Å². The van der Waals surface area contributed by atoms with Crippen LogP contribution in [-0.2, 0) is 5.41 Å². The first kappa shape index (κ1) is 13.7. The first-order valence-corrected chi connectivity index (χ1v) is 6.63. The van der Waals surface area contributed by atoms with E-state index in [0.29, 0.717) is 18.3 Å². The summed E-state index contributed by atoms with van der Waals surface area (Å²) in [5, 5.41) is 4.05. The van der Waals surface area contributed by atoms with Crippen molar-refractivity contribution in [1.29, 1.82) is 0 Å². The van der Waals surface area contributed by atoms with Gasteiger partial charge in [0.25, 0.3) is 0 Å². The number of nitrogens with zero attached hydrogens (tertiary/aromatic N) is 3. The molecule has 5 heteroatoms. The van der Waals surface area contributed by atoms with Gasteiger partial charge in [-0.3, -0.25) is 4.98 Å². The fourth-order valence-corrected chi connectivity index (χ4v) is 2.18. The summed E-state index contributed by atoms with van der Waals surface area (Å²) in [4.78, 5) is 8.81. The zero-order chi connectivity index (χ0) is 13.9. The Balaban J connectivity index is 2.42. The molecule has 0 aliphatic heterocycles. The Morgan fingerprint density at radius 1 is 1.32 bits per heavy atom. The van der Waals surface area contributed by atoms with Gasteiger partial charge in [0.1, 0.15) is 5.69 Å². The van der Waals surface area contributed by atoms with Gasteiger partial charge in [0, 0.05) is 12.7 Å². The van der Waals surface area contributed by atoms with E-state index in [0.717, 1.165) is 24.1 Å². The average Bonchev–Trinajstić information content (AvgIpc) is 2.92. The van der Waals surface area contributed by atoms with E-state index in [4.69, 9.17) is 10.3 Å². The first-order valence-electron chi connectivity index (χ1n) is 6.63. The van der Waals surface area contributed by atoms with Gasteiger partial charge in [-0.1, -0.05) is 25.1 Å². The third-order valence-corrected chi connectivity index (χ3v) is 3.85. The van der Waals surface area contributed by atoms with Crippen LogP contribution in [0.3, 0.4) is 0 Å². The Morgan fingerprint density at radius 3 is 2.63 bits per heavy atom. The molecule has 5 nitrogen and oxygen atoms in total. The highest BCUT2D eigenvalue weighted by molar-refractivity contribution is 5.53. The third kappa shape index (κ3) is 2.38. The molecule has 2 aromatic heterocycles. The van der Waals surface area contributed by atoms with Gasteiger partial charge in [-0.05, 0) is 31.4 Å². The highest BCUT2D eigenvalue weighted by atomic mass is 16.5. The van der Waals surface area contributed by atoms with Crippen molar-refractivity contribution in [3.05, 3.63) is 29.8 Å². The summed E-state index contributed by atoms with van der Waals surface area (Å²) >= 11 is 0. The van der Waals surface area contributed by atoms with Gasteiger partial charge in [-0.2, -0.15) is 4.98 Å². The van der Waals surface area contributed by atoms with Crippen LogP contribution in [0.15, 0.2) is 22.9 Å². The van der Waals surface area contributed by atoms with Crippen LogP contribution in [0.1, 0.15) is 38.1 Å². The number of rotatable bonds is 5. The SMILES string of the molecule is CCC(CC)(CN)c1nc(-c2ncccc2C)no1. The van der Waals surface area contributed by atoms with E-state index in [2.05, 4.69) is 29.0 Å². The van der Waals surface area contributed by atoms with Gasteiger partial charge in [0.05, 0.1) is 5.41 Å². The highest BCUT2D eigenvalue weighted by Gasteiger charge is 2.33. The molecule has 0 unspecified atom stereocenters. The quantitative estimate of drug-likeness (QED) is 0.893. The molecule has 2 aromatic rings. The number of aromatic nitrogens is 3. The smallest absolute Gasteiger partial charge is 0.234 e. The van der Waals surface area contributed by atoms with Gasteiger partial charge in [0.15, 0.2) is 0 Å². The van der Waals surface area contributed by atoms with Crippen molar-refractivity contribution in [2.24, 2.45) is 5.73 Å². The van der Waals surface area contributed by atoms with Crippen LogP contribution in [0.2, 0.25) is 0 Å². The Labute approximate surface area is 113 Å². The fourth-order valence-electron chi connectivity index (χ4n) is 2.18. The van der Waals surface area contributed by atoms with Crippen molar-refractivity contribution < 1.29 is 4.52 Å². The number of hydrogen-bond acceptors (Lipinski definition) is 5. The standard InChI is InChI=1S/C14H20N4O/c1-4-14(5-2,9-15)13-17-12(18-19-13)11-10(3)7-6-8-16-11/h6-8H,4-5,9,15H2,1-3H3. The normalized spacial score (nSPS) is 11.8. The number of pyridine rings is 1. The van der Waals surface area contributed by atoms with Crippen molar-refractivity contribution in [3.8, 4) is 11.5 Å². The first-order chi connectivity index (χ1) is 9.16. The minimum atomic E-state index is -0.228. The molecule has 0 saturated carbocycles. The molecule has 0 aromatic carbocycles. The Hall–Kier alpha value is -1.75. The van der Waals surface area contributed by atoms with Gasteiger partial charge in [0.2, 0.25) is 11.7 Å². The topological polar surface area (TPSA) is 77.8 Å². The van der Waals surface area contributed by atoms with Gasteiger partial charge < -0.3 is 10.3 Å². The predicted octanol–water partition coefficient (Wildman–Crippen LogP) is 2.46. The third-order valence-electron chi connectivity index (χ3n) is 3.85. The maximum absolute atomic E-state index is 5.90. The Bertz CT molecular complexity index is 538. The summed E-state index contributed by atoms with van der Waals surface area (Å²) in [6, 6.07) is 3.87. The molecule has 0 spiro atoms. The van der Waals surface area contributed by atoms with Gasteiger partial charge in [-0.25, -0.2) is 0 Å². The average molecular weight is 260 g/mol.